The highest BCUT2D eigenvalue weighted by Gasteiger charge is 2.30. The molecule has 1 aromatic rings. The van der Waals surface area contributed by atoms with Gasteiger partial charge >= 0.3 is 0 Å². The number of hydrogen-bond acceptors (Lipinski definition) is 3. The number of rotatable bonds is 3. The van der Waals surface area contributed by atoms with Gasteiger partial charge in [0.05, 0.1) is 0 Å². The summed E-state index contributed by atoms with van der Waals surface area (Å²) < 4.78 is 0. The molecule has 116 valence electrons. The van der Waals surface area contributed by atoms with Gasteiger partial charge in [-0.2, -0.15) is 0 Å². The van der Waals surface area contributed by atoms with E-state index < -0.39 is 0 Å². The smallest absolute Gasteiger partial charge is 0.0234 e. The second kappa shape index (κ2) is 6.91. The molecule has 0 aromatic heterocycles. The highest BCUT2D eigenvalue weighted by molar-refractivity contribution is 5.14. The molecule has 1 N–H and O–H groups in total. The number of nitrogens with one attached hydrogen (secondary N) is 1. The van der Waals surface area contributed by atoms with E-state index in [0.29, 0.717) is 12.1 Å². The predicted molar refractivity (Wildman–Crippen MR) is 88.4 cm³/mol. The van der Waals surface area contributed by atoms with Crippen molar-refractivity contribution >= 4 is 0 Å². The van der Waals surface area contributed by atoms with Gasteiger partial charge in [0.25, 0.3) is 0 Å². The molecule has 3 nitrogen and oxygen atoms in total. The summed E-state index contributed by atoms with van der Waals surface area (Å²) in [6, 6.07) is 12.9. The van der Waals surface area contributed by atoms with Gasteiger partial charge in [0, 0.05) is 44.3 Å². The SMILES string of the molecule is C[C@@H]1CN(C2CCCN(Cc3ccccc3)C2)C[C@H](C)N1. The van der Waals surface area contributed by atoms with Crippen LogP contribution in [0.15, 0.2) is 30.3 Å². The Balaban J connectivity index is 1.58. The third kappa shape index (κ3) is 4.06. The van der Waals surface area contributed by atoms with E-state index in [-0.39, 0.29) is 0 Å². The number of piperazine rings is 1. The first-order valence-electron chi connectivity index (χ1n) is 8.47. The lowest BCUT2D eigenvalue weighted by Crippen LogP contribution is -2.59. The maximum absolute atomic E-state index is 3.64. The van der Waals surface area contributed by atoms with Crippen molar-refractivity contribution in [3.05, 3.63) is 35.9 Å². The number of benzene rings is 1. The molecule has 2 fully saturated rings. The molecule has 0 amide bonds. The third-order valence-corrected chi connectivity index (χ3v) is 4.83. The highest BCUT2D eigenvalue weighted by atomic mass is 15.3. The van der Waals surface area contributed by atoms with E-state index in [9.17, 15) is 0 Å². The molecule has 2 aliphatic rings. The Kier molecular flexibility index (Phi) is 4.94. The number of hydrogen-bond donors (Lipinski definition) is 1. The van der Waals surface area contributed by atoms with Gasteiger partial charge in [0.15, 0.2) is 0 Å². The molecule has 1 aromatic carbocycles. The van der Waals surface area contributed by atoms with Crippen LogP contribution in [0, 0.1) is 0 Å². The monoisotopic (exact) mass is 287 g/mol. The van der Waals surface area contributed by atoms with Crippen LogP contribution in [0.5, 0.6) is 0 Å². The minimum atomic E-state index is 0.623. The van der Waals surface area contributed by atoms with Crippen LogP contribution in [0.3, 0.4) is 0 Å². The summed E-state index contributed by atoms with van der Waals surface area (Å²) in [6.45, 7) is 10.6. The Morgan fingerprint density at radius 1 is 1.05 bits per heavy atom. The summed E-state index contributed by atoms with van der Waals surface area (Å²) in [4.78, 5) is 5.36. The molecule has 3 rings (SSSR count). The molecule has 0 saturated carbocycles. The van der Waals surface area contributed by atoms with Crippen molar-refractivity contribution in [2.75, 3.05) is 26.2 Å². The van der Waals surface area contributed by atoms with Crippen molar-refractivity contribution < 1.29 is 0 Å². The van der Waals surface area contributed by atoms with Gasteiger partial charge in [-0.25, -0.2) is 0 Å². The maximum atomic E-state index is 3.64. The standard InChI is InChI=1S/C18H29N3/c1-15-11-21(12-16(2)19-15)18-9-6-10-20(14-18)13-17-7-4-3-5-8-17/h3-5,7-8,15-16,18-19H,6,9-14H2,1-2H3/t15-,16+,18?. The lowest BCUT2D eigenvalue weighted by molar-refractivity contribution is 0.0608. The van der Waals surface area contributed by atoms with E-state index in [1.54, 1.807) is 0 Å². The van der Waals surface area contributed by atoms with Crippen LogP contribution in [-0.4, -0.2) is 54.1 Å². The zero-order valence-corrected chi connectivity index (χ0v) is 13.5. The lowest BCUT2D eigenvalue weighted by atomic mass is 10.0. The Hall–Kier alpha value is -0.900. The fourth-order valence-electron chi connectivity index (χ4n) is 3.98. The van der Waals surface area contributed by atoms with Crippen molar-refractivity contribution in [1.82, 2.24) is 15.1 Å². The fraction of sp³-hybridized carbons (Fsp3) is 0.667. The summed E-state index contributed by atoms with van der Waals surface area (Å²) in [5.41, 5.74) is 1.44. The minimum absolute atomic E-state index is 0.623. The molecule has 21 heavy (non-hydrogen) atoms. The molecule has 1 unspecified atom stereocenters. The van der Waals surface area contributed by atoms with Gasteiger partial charge in [-0.1, -0.05) is 30.3 Å². The van der Waals surface area contributed by atoms with Crippen molar-refractivity contribution in [1.29, 1.82) is 0 Å². The van der Waals surface area contributed by atoms with Crippen molar-refractivity contribution in [3.63, 3.8) is 0 Å². The van der Waals surface area contributed by atoms with E-state index in [4.69, 9.17) is 0 Å². The summed E-state index contributed by atoms with van der Waals surface area (Å²) >= 11 is 0. The van der Waals surface area contributed by atoms with Crippen molar-refractivity contribution in [2.45, 2.75) is 51.4 Å². The normalized spacial score (nSPS) is 32.2. The lowest BCUT2D eigenvalue weighted by Gasteiger charge is -2.44. The summed E-state index contributed by atoms with van der Waals surface area (Å²) in [5.74, 6) is 0. The molecular formula is C18H29N3. The van der Waals surface area contributed by atoms with E-state index in [1.807, 2.05) is 0 Å². The van der Waals surface area contributed by atoms with Gasteiger partial charge in [-0.3, -0.25) is 9.80 Å². The van der Waals surface area contributed by atoms with Gasteiger partial charge < -0.3 is 5.32 Å². The quantitative estimate of drug-likeness (QED) is 0.920. The van der Waals surface area contributed by atoms with Crippen molar-refractivity contribution in [3.8, 4) is 0 Å². The zero-order chi connectivity index (χ0) is 14.7. The van der Waals surface area contributed by atoms with Crippen LogP contribution in [0.4, 0.5) is 0 Å². The summed E-state index contributed by atoms with van der Waals surface area (Å²) in [5, 5.41) is 3.64. The third-order valence-electron chi connectivity index (χ3n) is 4.83. The van der Waals surface area contributed by atoms with Gasteiger partial charge in [0.1, 0.15) is 0 Å². The van der Waals surface area contributed by atoms with E-state index >= 15 is 0 Å². The van der Waals surface area contributed by atoms with Gasteiger partial charge in [0.2, 0.25) is 0 Å². The highest BCUT2D eigenvalue weighted by Crippen LogP contribution is 2.20. The summed E-state index contributed by atoms with van der Waals surface area (Å²) in [6.07, 6.45) is 2.70. The number of piperidine rings is 1. The zero-order valence-electron chi connectivity index (χ0n) is 13.5. The molecule has 3 heteroatoms. The Morgan fingerprint density at radius 2 is 1.76 bits per heavy atom. The van der Waals surface area contributed by atoms with E-state index in [1.165, 1.54) is 44.6 Å². The Labute approximate surface area is 129 Å². The molecule has 0 bridgehead atoms. The molecule has 2 aliphatic heterocycles. The number of nitrogens with zero attached hydrogens (tertiary/aromatic N) is 2. The first-order valence-corrected chi connectivity index (χ1v) is 8.47. The predicted octanol–water partition coefficient (Wildman–Crippen LogP) is 2.33. The average Bonchev–Trinajstić information content (AvgIpc) is 2.47. The van der Waals surface area contributed by atoms with Crippen LogP contribution >= 0.6 is 0 Å². The van der Waals surface area contributed by atoms with Crippen LogP contribution in [0.2, 0.25) is 0 Å². The topological polar surface area (TPSA) is 18.5 Å². The first kappa shape index (κ1) is 15.0. The molecule has 2 heterocycles. The second-order valence-corrected chi connectivity index (χ2v) is 6.94. The Morgan fingerprint density at radius 3 is 2.48 bits per heavy atom. The number of likely N-dealkylation sites (tertiary alicyclic amines) is 1. The van der Waals surface area contributed by atoms with Gasteiger partial charge in [-0.05, 0) is 38.8 Å². The molecule has 0 radical (unpaired) electrons. The largest absolute Gasteiger partial charge is 0.309 e. The minimum Gasteiger partial charge on any atom is -0.309 e. The van der Waals surface area contributed by atoms with Crippen LogP contribution < -0.4 is 5.32 Å². The van der Waals surface area contributed by atoms with Crippen LogP contribution in [0.1, 0.15) is 32.3 Å². The molecule has 3 atom stereocenters. The maximum Gasteiger partial charge on any atom is 0.0234 e. The van der Waals surface area contributed by atoms with Gasteiger partial charge in [-0.15, -0.1) is 0 Å². The molecule has 0 spiro atoms. The van der Waals surface area contributed by atoms with E-state index in [2.05, 4.69) is 59.3 Å². The first-order chi connectivity index (χ1) is 10.2. The molecule has 2 saturated heterocycles. The van der Waals surface area contributed by atoms with Crippen LogP contribution in [-0.2, 0) is 6.54 Å². The van der Waals surface area contributed by atoms with E-state index in [0.717, 1.165) is 12.6 Å². The second-order valence-electron chi connectivity index (χ2n) is 6.94. The molecular weight excluding hydrogens is 258 g/mol. The fourth-order valence-corrected chi connectivity index (χ4v) is 3.98. The van der Waals surface area contributed by atoms with Crippen LogP contribution in [0.25, 0.3) is 0 Å². The van der Waals surface area contributed by atoms with Crippen molar-refractivity contribution in [2.24, 2.45) is 0 Å². The molecule has 0 aliphatic carbocycles. The average molecular weight is 287 g/mol. The summed E-state index contributed by atoms with van der Waals surface area (Å²) in [7, 11) is 0. The Bertz CT molecular complexity index is 423.